The number of hydrogen-bond donors (Lipinski definition) is 2. The molecule has 0 aliphatic heterocycles. The van der Waals surface area contributed by atoms with Crippen molar-refractivity contribution < 1.29 is 15.0 Å². The first-order valence-electron chi connectivity index (χ1n) is 11.4. The molecule has 0 amide bonds. The highest BCUT2D eigenvalue weighted by Gasteiger charge is 2.27. The Morgan fingerprint density at radius 3 is 1.47 bits per heavy atom. The molecule has 0 aliphatic carbocycles. The molecule has 3 heteroatoms. The minimum absolute atomic E-state index is 0.0441. The molecule has 0 fully saturated rings. The smallest absolute Gasteiger partial charge is 0.339 e. The molecule has 0 aromatic heterocycles. The minimum Gasteiger partial charge on any atom is -0.507 e. The molecular formula is C29H44O3. The predicted molar refractivity (Wildman–Crippen MR) is 136 cm³/mol. The molecular weight excluding hydrogens is 396 g/mol. The van der Waals surface area contributed by atoms with Crippen molar-refractivity contribution in [2.24, 2.45) is 0 Å². The molecule has 0 heterocycles. The molecule has 0 unspecified atom stereocenters. The van der Waals surface area contributed by atoms with E-state index in [4.69, 9.17) is 5.11 Å². The molecule has 3 nitrogen and oxygen atoms in total. The van der Waals surface area contributed by atoms with Gasteiger partial charge in [-0.25, -0.2) is 4.79 Å². The maximum atomic E-state index is 10.7. The standard InChI is InChI=1S/C18H30.C11H14O3/c1-16(2,3)13-10-11-14(17(4,5)6)15(12-13)18(7,8)9;1-11(2,3)8-6-4-5-7(9(8)12)10(13)14/h10-12H,1-9H3;4-6,12H,1-3H3,(H,13,14). The largest absolute Gasteiger partial charge is 0.507 e. The van der Waals surface area contributed by atoms with E-state index in [1.54, 1.807) is 12.1 Å². The van der Waals surface area contributed by atoms with Crippen molar-refractivity contribution in [1.82, 2.24) is 0 Å². The number of para-hydroxylation sites is 1. The van der Waals surface area contributed by atoms with Crippen LogP contribution in [0.3, 0.4) is 0 Å². The first-order valence-corrected chi connectivity index (χ1v) is 11.4. The molecule has 2 aromatic carbocycles. The number of aromatic hydroxyl groups is 1. The third-order valence-electron chi connectivity index (χ3n) is 5.58. The number of carboxylic acid groups (broad SMARTS) is 1. The Bertz CT molecular complexity index is 940. The zero-order chi connectivity index (χ0) is 25.3. The number of aromatic carboxylic acids is 1. The van der Waals surface area contributed by atoms with E-state index >= 15 is 0 Å². The van der Waals surface area contributed by atoms with Crippen LogP contribution in [0.15, 0.2) is 36.4 Å². The van der Waals surface area contributed by atoms with Crippen LogP contribution in [0.25, 0.3) is 0 Å². The summed E-state index contributed by atoms with van der Waals surface area (Å²) in [6.07, 6.45) is 0. The van der Waals surface area contributed by atoms with Gasteiger partial charge >= 0.3 is 5.97 Å². The summed E-state index contributed by atoms with van der Waals surface area (Å²) in [6.45, 7) is 26.5. The number of carbonyl (C=O) groups is 1. The van der Waals surface area contributed by atoms with Crippen LogP contribution in [0.5, 0.6) is 5.75 Å². The van der Waals surface area contributed by atoms with Crippen molar-refractivity contribution in [3.05, 3.63) is 64.2 Å². The summed E-state index contributed by atoms with van der Waals surface area (Å²) in [5, 5.41) is 18.5. The van der Waals surface area contributed by atoms with Crippen molar-refractivity contribution in [3.63, 3.8) is 0 Å². The highest BCUT2D eigenvalue weighted by atomic mass is 16.4. The van der Waals surface area contributed by atoms with Gasteiger partial charge in [0, 0.05) is 5.56 Å². The Kier molecular flexibility index (Phi) is 8.06. The van der Waals surface area contributed by atoms with E-state index in [9.17, 15) is 9.90 Å². The van der Waals surface area contributed by atoms with Crippen LogP contribution < -0.4 is 0 Å². The zero-order valence-electron chi connectivity index (χ0n) is 22.3. The van der Waals surface area contributed by atoms with E-state index < -0.39 is 5.97 Å². The van der Waals surface area contributed by atoms with Crippen molar-refractivity contribution in [2.75, 3.05) is 0 Å². The maximum Gasteiger partial charge on any atom is 0.339 e. The van der Waals surface area contributed by atoms with Gasteiger partial charge in [0.15, 0.2) is 0 Å². The molecule has 0 saturated heterocycles. The summed E-state index contributed by atoms with van der Waals surface area (Å²) in [7, 11) is 0. The number of rotatable bonds is 1. The predicted octanol–water partition coefficient (Wildman–Crippen LogP) is 7.97. The fourth-order valence-corrected chi connectivity index (χ4v) is 3.61. The van der Waals surface area contributed by atoms with Gasteiger partial charge in [-0.05, 0) is 44.4 Å². The summed E-state index contributed by atoms with van der Waals surface area (Å²) in [5.74, 6) is -1.24. The van der Waals surface area contributed by atoms with E-state index in [-0.39, 0.29) is 33.0 Å². The van der Waals surface area contributed by atoms with Crippen LogP contribution in [-0.2, 0) is 21.7 Å². The van der Waals surface area contributed by atoms with Gasteiger partial charge in [0.2, 0.25) is 0 Å². The van der Waals surface area contributed by atoms with E-state index in [0.717, 1.165) is 0 Å². The Morgan fingerprint density at radius 2 is 1.09 bits per heavy atom. The molecule has 0 bridgehead atoms. The summed E-state index contributed by atoms with van der Waals surface area (Å²) >= 11 is 0. The molecule has 2 rings (SSSR count). The zero-order valence-corrected chi connectivity index (χ0v) is 22.3. The highest BCUT2D eigenvalue weighted by molar-refractivity contribution is 5.91. The fraction of sp³-hybridized carbons (Fsp3) is 0.552. The Balaban J connectivity index is 0.000000330. The average molecular weight is 441 g/mol. The normalized spacial score (nSPS) is 12.8. The van der Waals surface area contributed by atoms with Crippen LogP contribution >= 0.6 is 0 Å². The second-order valence-corrected chi connectivity index (χ2v) is 12.8. The van der Waals surface area contributed by atoms with Gasteiger partial charge in [-0.3, -0.25) is 0 Å². The molecule has 32 heavy (non-hydrogen) atoms. The minimum atomic E-state index is -1.10. The average Bonchev–Trinajstić information content (AvgIpc) is 2.58. The topological polar surface area (TPSA) is 57.5 Å². The van der Waals surface area contributed by atoms with E-state index in [0.29, 0.717) is 5.56 Å². The molecule has 0 aliphatic rings. The lowest BCUT2D eigenvalue weighted by atomic mass is 9.73. The summed E-state index contributed by atoms with van der Waals surface area (Å²) in [4.78, 5) is 10.7. The molecule has 2 aromatic rings. The van der Waals surface area contributed by atoms with Crippen molar-refractivity contribution in [1.29, 1.82) is 0 Å². The van der Waals surface area contributed by atoms with Gasteiger partial charge in [0.1, 0.15) is 11.3 Å². The van der Waals surface area contributed by atoms with Gasteiger partial charge in [-0.15, -0.1) is 0 Å². The third kappa shape index (κ3) is 7.12. The first-order chi connectivity index (χ1) is 14.2. The van der Waals surface area contributed by atoms with Gasteiger partial charge < -0.3 is 10.2 Å². The number of carboxylic acids is 1. The maximum absolute atomic E-state index is 10.7. The Morgan fingerprint density at radius 1 is 0.625 bits per heavy atom. The van der Waals surface area contributed by atoms with Crippen LogP contribution in [0.2, 0.25) is 0 Å². The van der Waals surface area contributed by atoms with Crippen LogP contribution in [0, 0.1) is 0 Å². The molecule has 2 N–H and O–H groups in total. The van der Waals surface area contributed by atoms with Gasteiger partial charge in [0.05, 0.1) is 0 Å². The van der Waals surface area contributed by atoms with Crippen LogP contribution in [-0.4, -0.2) is 16.2 Å². The number of hydrogen-bond acceptors (Lipinski definition) is 2. The first kappa shape index (κ1) is 27.7. The fourth-order valence-electron chi connectivity index (χ4n) is 3.61. The van der Waals surface area contributed by atoms with E-state index in [1.807, 2.05) is 20.8 Å². The Hall–Kier alpha value is -2.29. The quantitative estimate of drug-likeness (QED) is 0.473. The Labute approximate surface area is 195 Å². The second-order valence-electron chi connectivity index (χ2n) is 12.8. The lowest BCUT2D eigenvalue weighted by Crippen LogP contribution is -2.23. The summed E-state index contributed by atoms with van der Waals surface area (Å²) in [5.41, 5.74) is 5.37. The summed E-state index contributed by atoms with van der Waals surface area (Å²) < 4.78 is 0. The molecule has 0 radical (unpaired) electrons. The van der Waals surface area contributed by atoms with Gasteiger partial charge in [-0.1, -0.05) is 113 Å². The SMILES string of the molecule is CC(C)(C)c1ccc(C(C)(C)C)c(C(C)(C)C)c1.CC(C)(C)c1cccc(C(=O)O)c1O. The number of benzene rings is 2. The monoisotopic (exact) mass is 440 g/mol. The van der Waals surface area contributed by atoms with Crippen LogP contribution in [0.4, 0.5) is 0 Å². The van der Waals surface area contributed by atoms with Crippen molar-refractivity contribution in [2.45, 2.75) is 105 Å². The second kappa shape index (κ2) is 9.29. The van der Waals surface area contributed by atoms with Crippen LogP contribution in [0.1, 0.15) is 116 Å². The lowest BCUT2D eigenvalue weighted by Gasteiger charge is -2.32. The van der Waals surface area contributed by atoms with Crippen molar-refractivity contribution in [3.8, 4) is 5.75 Å². The van der Waals surface area contributed by atoms with Gasteiger partial charge in [-0.2, -0.15) is 0 Å². The number of phenols is 1. The molecule has 0 saturated carbocycles. The highest BCUT2D eigenvalue weighted by Crippen LogP contribution is 2.37. The van der Waals surface area contributed by atoms with E-state index in [1.165, 1.54) is 22.8 Å². The van der Waals surface area contributed by atoms with Gasteiger partial charge in [0.25, 0.3) is 0 Å². The third-order valence-corrected chi connectivity index (χ3v) is 5.58. The van der Waals surface area contributed by atoms with E-state index in [2.05, 4.69) is 80.5 Å². The molecule has 178 valence electrons. The molecule has 0 spiro atoms. The molecule has 0 atom stereocenters. The lowest BCUT2D eigenvalue weighted by molar-refractivity contribution is 0.0693. The summed E-state index contributed by atoms with van der Waals surface area (Å²) in [6, 6.07) is 11.8. The van der Waals surface area contributed by atoms with Crippen molar-refractivity contribution >= 4 is 5.97 Å².